The van der Waals surface area contributed by atoms with E-state index >= 15 is 0 Å². The van der Waals surface area contributed by atoms with E-state index in [0.29, 0.717) is 27.4 Å². The molecule has 2 rings (SSSR count). The van der Waals surface area contributed by atoms with E-state index in [2.05, 4.69) is 26.1 Å². The van der Waals surface area contributed by atoms with Gasteiger partial charge in [-0.3, -0.25) is 9.89 Å². The average Bonchev–Trinajstić information content (AvgIpc) is 2.48. The van der Waals surface area contributed by atoms with E-state index in [0.717, 1.165) is 0 Å². The molecule has 13 heavy (non-hydrogen) atoms. The Morgan fingerprint density at radius 1 is 1.54 bits per heavy atom. The summed E-state index contributed by atoms with van der Waals surface area (Å²) in [6, 6.07) is 2.79. The Kier molecular flexibility index (Phi) is 1.88. The summed E-state index contributed by atoms with van der Waals surface area (Å²) in [5, 5.41) is 6.85. The number of hydrogen-bond donors (Lipinski definition) is 1. The van der Waals surface area contributed by atoms with Gasteiger partial charge in [0.2, 0.25) is 0 Å². The highest BCUT2D eigenvalue weighted by Crippen LogP contribution is 2.23. The van der Waals surface area contributed by atoms with Gasteiger partial charge in [-0.15, -0.1) is 0 Å². The van der Waals surface area contributed by atoms with Crippen molar-refractivity contribution in [3.05, 3.63) is 28.1 Å². The molecule has 0 aliphatic heterocycles. The Bertz CT molecular complexity index is 480. The molecule has 2 aromatic rings. The van der Waals surface area contributed by atoms with Gasteiger partial charge >= 0.3 is 0 Å². The first-order chi connectivity index (χ1) is 6.22. The Balaban J connectivity index is 2.84. The quantitative estimate of drug-likeness (QED) is 0.781. The minimum Gasteiger partial charge on any atom is -0.296 e. The molecule has 0 radical (unpaired) electrons. The zero-order valence-electron chi connectivity index (χ0n) is 6.34. The van der Waals surface area contributed by atoms with E-state index in [-0.39, 0.29) is 0 Å². The van der Waals surface area contributed by atoms with E-state index < -0.39 is 5.82 Å². The standard InChI is InChI=1S/C8H4BrFN2O/c9-5-2-7-4(1-6(5)10)8(3-13)12-11-7/h1-3H,(H,11,12). The average molecular weight is 243 g/mol. The number of nitrogens with one attached hydrogen (secondary N) is 1. The van der Waals surface area contributed by atoms with E-state index in [4.69, 9.17) is 0 Å². The zero-order chi connectivity index (χ0) is 9.42. The second kappa shape index (κ2) is 2.92. The van der Waals surface area contributed by atoms with Gasteiger partial charge in [-0.2, -0.15) is 5.10 Å². The Morgan fingerprint density at radius 2 is 2.31 bits per heavy atom. The van der Waals surface area contributed by atoms with Crippen molar-refractivity contribution in [3.63, 3.8) is 0 Å². The minimum absolute atomic E-state index is 0.293. The fourth-order valence-electron chi connectivity index (χ4n) is 1.12. The maximum absolute atomic E-state index is 13.0. The fraction of sp³-hybridized carbons (Fsp3) is 0. The third-order valence-corrected chi connectivity index (χ3v) is 2.35. The second-order valence-electron chi connectivity index (χ2n) is 2.54. The van der Waals surface area contributed by atoms with Crippen LogP contribution in [0.15, 0.2) is 16.6 Å². The first kappa shape index (κ1) is 8.37. The van der Waals surface area contributed by atoms with E-state index in [1.165, 1.54) is 12.1 Å². The number of aldehydes is 1. The van der Waals surface area contributed by atoms with Crippen molar-refractivity contribution in [1.82, 2.24) is 10.2 Å². The number of benzene rings is 1. The topological polar surface area (TPSA) is 45.8 Å². The molecular formula is C8H4BrFN2O. The lowest BCUT2D eigenvalue weighted by Crippen LogP contribution is -1.81. The van der Waals surface area contributed by atoms with E-state index in [1.807, 2.05) is 0 Å². The first-order valence-corrected chi connectivity index (χ1v) is 4.30. The lowest BCUT2D eigenvalue weighted by atomic mass is 10.2. The molecule has 0 fully saturated rings. The van der Waals surface area contributed by atoms with Crippen LogP contribution in [0.25, 0.3) is 10.9 Å². The Morgan fingerprint density at radius 3 is 3.00 bits per heavy atom. The van der Waals surface area contributed by atoms with Crippen LogP contribution in [0.5, 0.6) is 0 Å². The number of rotatable bonds is 1. The first-order valence-electron chi connectivity index (χ1n) is 3.50. The molecule has 3 nitrogen and oxygen atoms in total. The van der Waals surface area contributed by atoms with Crippen molar-refractivity contribution in [1.29, 1.82) is 0 Å². The summed E-state index contributed by atoms with van der Waals surface area (Å²) in [6.45, 7) is 0. The number of carbonyl (C=O) groups is 1. The largest absolute Gasteiger partial charge is 0.296 e. The summed E-state index contributed by atoms with van der Waals surface area (Å²) in [7, 11) is 0. The van der Waals surface area contributed by atoms with Gasteiger partial charge in [0.25, 0.3) is 0 Å². The van der Waals surface area contributed by atoms with Gasteiger partial charge < -0.3 is 0 Å². The van der Waals surface area contributed by atoms with Gasteiger partial charge in [0.15, 0.2) is 6.29 Å². The third kappa shape index (κ3) is 1.25. The molecule has 0 saturated carbocycles. The Hall–Kier alpha value is -1.23. The molecule has 0 aliphatic carbocycles. The zero-order valence-corrected chi connectivity index (χ0v) is 7.93. The maximum atomic E-state index is 13.0. The predicted molar refractivity (Wildman–Crippen MR) is 49.1 cm³/mol. The van der Waals surface area contributed by atoms with E-state index in [1.54, 1.807) is 0 Å². The van der Waals surface area contributed by atoms with Gasteiger partial charge in [-0.25, -0.2) is 4.39 Å². The number of aromatic amines is 1. The van der Waals surface area contributed by atoms with Crippen molar-refractivity contribution < 1.29 is 9.18 Å². The second-order valence-corrected chi connectivity index (χ2v) is 3.39. The molecule has 0 unspecified atom stereocenters. The molecule has 0 bridgehead atoms. The van der Waals surface area contributed by atoms with Crippen molar-refractivity contribution >= 4 is 33.1 Å². The molecule has 0 aliphatic rings. The summed E-state index contributed by atoms with van der Waals surface area (Å²) in [5.41, 5.74) is 0.858. The van der Waals surface area contributed by atoms with Crippen LogP contribution in [0, 0.1) is 5.82 Å². The number of carbonyl (C=O) groups excluding carboxylic acids is 1. The molecule has 1 aromatic heterocycles. The summed E-state index contributed by atoms with van der Waals surface area (Å²) >= 11 is 3.03. The smallest absolute Gasteiger partial charge is 0.168 e. The number of aromatic nitrogens is 2. The molecular weight excluding hydrogens is 239 g/mol. The van der Waals surface area contributed by atoms with Gasteiger partial charge in [0.05, 0.1) is 9.99 Å². The lowest BCUT2D eigenvalue weighted by Gasteiger charge is -1.93. The number of fused-ring (bicyclic) bond motifs is 1. The lowest BCUT2D eigenvalue weighted by molar-refractivity contribution is 0.112. The summed E-state index contributed by atoms with van der Waals surface area (Å²) in [5.74, 6) is -0.406. The Labute approximate surface area is 81.1 Å². The van der Waals surface area contributed by atoms with Gasteiger partial charge in [0.1, 0.15) is 11.5 Å². The molecule has 5 heteroatoms. The summed E-state index contributed by atoms with van der Waals surface area (Å²) < 4.78 is 13.4. The third-order valence-electron chi connectivity index (χ3n) is 1.74. The van der Waals surface area contributed by atoms with Crippen LogP contribution in [0.4, 0.5) is 4.39 Å². The highest BCUT2D eigenvalue weighted by molar-refractivity contribution is 9.10. The molecule has 66 valence electrons. The van der Waals surface area contributed by atoms with Crippen LogP contribution < -0.4 is 0 Å². The molecule has 0 saturated heterocycles. The van der Waals surface area contributed by atoms with Crippen LogP contribution in [-0.2, 0) is 0 Å². The van der Waals surface area contributed by atoms with Gasteiger partial charge in [-0.1, -0.05) is 0 Å². The van der Waals surface area contributed by atoms with Crippen LogP contribution in [0.2, 0.25) is 0 Å². The SMILES string of the molecule is O=Cc1[nH]nc2cc(Br)c(F)cc12. The highest BCUT2D eigenvalue weighted by atomic mass is 79.9. The number of H-pyrrole nitrogens is 1. The van der Waals surface area contributed by atoms with Crippen molar-refractivity contribution in [3.8, 4) is 0 Å². The van der Waals surface area contributed by atoms with Crippen LogP contribution in [0.3, 0.4) is 0 Å². The van der Waals surface area contributed by atoms with Gasteiger partial charge in [-0.05, 0) is 28.1 Å². The molecule has 1 N–H and O–H groups in total. The van der Waals surface area contributed by atoms with Crippen LogP contribution in [-0.4, -0.2) is 16.5 Å². The number of hydrogen-bond acceptors (Lipinski definition) is 2. The molecule has 0 atom stereocenters. The van der Waals surface area contributed by atoms with E-state index in [9.17, 15) is 9.18 Å². The molecule has 0 spiro atoms. The predicted octanol–water partition coefficient (Wildman–Crippen LogP) is 2.28. The highest BCUT2D eigenvalue weighted by Gasteiger charge is 2.08. The molecule has 1 aromatic carbocycles. The maximum Gasteiger partial charge on any atom is 0.168 e. The molecule has 0 amide bonds. The summed E-state index contributed by atoms with van der Waals surface area (Å²) in [6.07, 6.45) is 0.614. The monoisotopic (exact) mass is 242 g/mol. The van der Waals surface area contributed by atoms with Gasteiger partial charge in [0, 0.05) is 5.39 Å². The van der Waals surface area contributed by atoms with Crippen molar-refractivity contribution in [2.45, 2.75) is 0 Å². The van der Waals surface area contributed by atoms with Crippen LogP contribution in [0.1, 0.15) is 10.5 Å². The van der Waals surface area contributed by atoms with Crippen molar-refractivity contribution in [2.75, 3.05) is 0 Å². The minimum atomic E-state index is -0.406. The number of nitrogens with zero attached hydrogens (tertiary/aromatic N) is 1. The molecule has 1 heterocycles. The number of halogens is 2. The normalized spacial score (nSPS) is 10.6. The fourth-order valence-corrected chi connectivity index (χ4v) is 1.45. The van der Waals surface area contributed by atoms with Crippen molar-refractivity contribution in [2.24, 2.45) is 0 Å². The van der Waals surface area contributed by atoms with Crippen LogP contribution >= 0.6 is 15.9 Å². The summed E-state index contributed by atoms with van der Waals surface area (Å²) in [4.78, 5) is 10.5.